The zero-order chi connectivity index (χ0) is 16.8. The van der Waals surface area contributed by atoms with Gasteiger partial charge in [0.25, 0.3) is 0 Å². The molecule has 2 bridgehead atoms. The molecule has 2 fully saturated rings. The Morgan fingerprint density at radius 3 is 2.70 bits per heavy atom. The number of ether oxygens (including phenoxy) is 1. The number of carbonyl (C=O) groups excluding carboxylic acids is 1. The second-order valence-electron chi connectivity index (χ2n) is 7.15. The zero-order valence-electron chi connectivity index (χ0n) is 13.8. The molecular weight excluding hydrogens is 316 g/mol. The molecule has 1 amide bonds. The monoisotopic (exact) mass is 338 g/mol. The van der Waals surface area contributed by atoms with Gasteiger partial charge in [0.15, 0.2) is 0 Å². The lowest BCUT2D eigenvalue weighted by Gasteiger charge is -2.36. The van der Waals surface area contributed by atoms with Crippen LogP contribution in [0.2, 0.25) is 5.02 Å². The third-order valence-electron chi connectivity index (χ3n) is 4.30. The molecule has 6 nitrogen and oxygen atoms in total. The van der Waals surface area contributed by atoms with Crippen LogP contribution < -0.4 is 10.6 Å². The number of hydrogen-bond donors (Lipinski definition) is 1. The first kappa shape index (κ1) is 16.3. The third kappa shape index (κ3) is 3.23. The van der Waals surface area contributed by atoms with Crippen molar-refractivity contribution in [3.8, 4) is 0 Å². The van der Waals surface area contributed by atoms with Gasteiger partial charge in [-0.3, -0.25) is 4.98 Å². The van der Waals surface area contributed by atoms with Crippen molar-refractivity contribution in [3.63, 3.8) is 0 Å². The number of likely N-dealkylation sites (tertiary alicyclic amines) is 1. The first-order valence-electron chi connectivity index (χ1n) is 7.89. The van der Waals surface area contributed by atoms with E-state index in [9.17, 15) is 4.79 Å². The molecule has 2 unspecified atom stereocenters. The predicted octanol–water partition coefficient (Wildman–Crippen LogP) is 2.39. The molecule has 3 rings (SSSR count). The fraction of sp³-hybridized carbons (Fsp3) is 0.625. The molecule has 0 spiro atoms. The molecule has 23 heavy (non-hydrogen) atoms. The SMILES string of the molecule is CC(C)(C)OC(=O)N1CC2CC1CN2c1cnc(CN)c(Cl)c1. The van der Waals surface area contributed by atoms with Crippen molar-refractivity contribution in [1.82, 2.24) is 9.88 Å². The molecule has 1 aromatic heterocycles. The van der Waals surface area contributed by atoms with Crippen LogP contribution in [0.3, 0.4) is 0 Å². The summed E-state index contributed by atoms with van der Waals surface area (Å²) in [6.07, 6.45) is 2.54. The van der Waals surface area contributed by atoms with E-state index in [1.165, 1.54) is 0 Å². The number of nitrogens with zero attached hydrogens (tertiary/aromatic N) is 3. The van der Waals surface area contributed by atoms with E-state index >= 15 is 0 Å². The molecule has 2 aliphatic heterocycles. The maximum Gasteiger partial charge on any atom is 0.410 e. The first-order chi connectivity index (χ1) is 10.8. The van der Waals surface area contributed by atoms with E-state index in [0.29, 0.717) is 23.8 Å². The van der Waals surface area contributed by atoms with E-state index in [0.717, 1.165) is 18.7 Å². The van der Waals surface area contributed by atoms with Gasteiger partial charge >= 0.3 is 6.09 Å². The quantitative estimate of drug-likeness (QED) is 0.896. The Bertz CT molecular complexity index is 617. The van der Waals surface area contributed by atoms with E-state index < -0.39 is 5.60 Å². The van der Waals surface area contributed by atoms with Gasteiger partial charge in [0.05, 0.1) is 28.6 Å². The second-order valence-corrected chi connectivity index (χ2v) is 7.56. The Morgan fingerprint density at radius 2 is 2.17 bits per heavy atom. The van der Waals surface area contributed by atoms with Crippen LogP contribution in [0.5, 0.6) is 0 Å². The van der Waals surface area contributed by atoms with Crippen LogP contribution in [0.25, 0.3) is 0 Å². The molecule has 126 valence electrons. The molecule has 0 aromatic carbocycles. The number of piperazine rings is 1. The highest BCUT2D eigenvalue weighted by atomic mass is 35.5. The fourth-order valence-electron chi connectivity index (χ4n) is 3.29. The summed E-state index contributed by atoms with van der Waals surface area (Å²) in [6, 6.07) is 2.38. The molecule has 1 aromatic rings. The van der Waals surface area contributed by atoms with Crippen LogP contribution in [-0.4, -0.2) is 46.8 Å². The smallest absolute Gasteiger partial charge is 0.410 e. The summed E-state index contributed by atoms with van der Waals surface area (Å²) in [5, 5.41) is 0.594. The van der Waals surface area contributed by atoms with E-state index in [1.807, 2.05) is 37.9 Å². The van der Waals surface area contributed by atoms with E-state index in [4.69, 9.17) is 22.1 Å². The highest BCUT2D eigenvalue weighted by molar-refractivity contribution is 6.31. The fourth-order valence-corrected chi connectivity index (χ4v) is 3.53. The lowest BCUT2D eigenvalue weighted by molar-refractivity contribution is 0.0215. The van der Waals surface area contributed by atoms with Crippen molar-refractivity contribution in [1.29, 1.82) is 0 Å². The van der Waals surface area contributed by atoms with E-state index in [2.05, 4.69) is 9.88 Å². The van der Waals surface area contributed by atoms with Crippen molar-refractivity contribution in [2.75, 3.05) is 18.0 Å². The lowest BCUT2D eigenvalue weighted by atomic mass is 10.2. The largest absolute Gasteiger partial charge is 0.444 e. The molecular formula is C16H23ClN4O2. The average molecular weight is 339 g/mol. The van der Waals surface area contributed by atoms with Crippen molar-refractivity contribution in [2.45, 2.75) is 51.4 Å². The summed E-state index contributed by atoms with van der Waals surface area (Å²) >= 11 is 6.21. The molecule has 0 aliphatic carbocycles. The molecule has 7 heteroatoms. The van der Waals surface area contributed by atoms with Crippen molar-refractivity contribution in [2.24, 2.45) is 5.73 Å². The number of rotatable bonds is 2. The highest BCUT2D eigenvalue weighted by Crippen LogP contribution is 2.36. The minimum Gasteiger partial charge on any atom is -0.444 e. The minimum atomic E-state index is -0.464. The van der Waals surface area contributed by atoms with Gasteiger partial charge in [-0.25, -0.2) is 4.79 Å². The third-order valence-corrected chi connectivity index (χ3v) is 4.62. The molecule has 2 atom stereocenters. The van der Waals surface area contributed by atoms with E-state index in [-0.39, 0.29) is 18.2 Å². The number of halogens is 1. The Kier molecular flexibility index (Phi) is 4.14. The van der Waals surface area contributed by atoms with Gasteiger partial charge in [-0.05, 0) is 33.3 Å². The van der Waals surface area contributed by atoms with Crippen LogP contribution in [-0.2, 0) is 11.3 Å². The summed E-state index contributed by atoms with van der Waals surface area (Å²) in [7, 11) is 0. The lowest BCUT2D eigenvalue weighted by Crippen LogP contribution is -2.50. The number of pyridine rings is 1. The van der Waals surface area contributed by atoms with Crippen LogP contribution in [0.1, 0.15) is 32.9 Å². The predicted molar refractivity (Wildman–Crippen MR) is 89.6 cm³/mol. The zero-order valence-corrected chi connectivity index (χ0v) is 14.5. The molecule has 2 saturated heterocycles. The molecule has 0 radical (unpaired) electrons. The van der Waals surface area contributed by atoms with Crippen molar-refractivity contribution < 1.29 is 9.53 Å². The average Bonchev–Trinajstić information content (AvgIpc) is 3.05. The Morgan fingerprint density at radius 1 is 1.43 bits per heavy atom. The summed E-state index contributed by atoms with van der Waals surface area (Å²) in [4.78, 5) is 20.7. The molecule has 0 saturated carbocycles. The van der Waals surface area contributed by atoms with Crippen LogP contribution in [0, 0.1) is 0 Å². The first-order valence-corrected chi connectivity index (χ1v) is 8.27. The van der Waals surface area contributed by atoms with Crippen molar-refractivity contribution in [3.05, 3.63) is 23.0 Å². The standard InChI is InChI=1S/C16H23ClN4O2/c1-16(2,3)23-15(22)21-9-11-4-12(21)8-20(11)10-5-13(17)14(6-18)19-7-10/h5,7,11-12H,4,6,8-9,18H2,1-3H3. The van der Waals surface area contributed by atoms with Gasteiger partial charge < -0.3 is 20.3 Å². The Labute approximate surface area is 141 Å². The van der Waals surface area contributed by atoms with Gasteiger partial charge in [0.1, 0.15) is 5.60 Å². The van der Waals surface area contributed by atoms with Crippen LogP contribution >= 0.6 is 11.6 Å². The molecule has 2 aliphatic rings. The summed E-state index contributed by atoms with van der Waals surface area (Å²) in [6.45, 7) is 7.45. The number of carbonyl (C=O) groups is 1. The Hall–Kier alpha value is -1.53. The van der Waals surface area contributed by atoms with Gasteiger partial charge in [-0.1, -0.05) is 11.6 Å². The van der Waals surface area contributed by atoms with Crippen molar-refractivity contribution >= 4 is 23.4 Å². The van der Waals surface area contributed by atoms with Crippen LogP contribution in [0.15, 0.2) is 12.3 Å². The van der Waals surface area contributed by atoms with E-state index in [1.54, 1.807) is 0 Å². The topological polar surface area (TPSA) is 71.7 Å². The Balaban J connectivity index is 1.69. The van der Waals surface area contributed by atoms with Gasteiger partial charge in [0, 0.05) is 25.7 Å². The number of nitrogens with two attached hydrogens (primary N) is 1. The maximum atomic E-state index is 12.3. The summed E-state index contributed by atoms with van der Waals surface area (Å²) < 4.78 is 5.49. The summed E-state index contributed by atoms with van der Waals surface area (Å²) in [5.41, 5.74) is 6.83. The molecule has 2 N–H and O–H groups in total. The number of anilines is 1. The number of hydrogen-bond acceptors (Lipinski definition) is 5. The van der Waals surface area contributed by atoms with Gasteiger partial charge in [-0.2, -0.15) is 0 Å². The number of amides is 1. The number of fused-ring (bicyclic) bond motifs is 2. The van der Waals surface area contributed by atoms with Gasteiger partial charge in [-0.15, -0.1) is 0 Å². The normalized spacial score (nSPS) is 23.5. The second kappa shape index (κ2) is 5.83. The van der Waals surface area contributed by atoms with Gasteiger partial charge in [0.2, 0.25) is 0 Å². The maximum absolute atomic E-state index is 12.3. The minimum absolute atomic E-state index is 0.183. The summed E-state index contributed by atoms with van der Waals surface area (Å²) in [5.74, 6) is 0. The highest BCUT2D eigenvalue weighted by Gasteiger charge is 2.46. The van der Waals surface area contributed by atoms with Crippen LogP contribution in [0.4, 0.5) is 10.5 Å². The molecule has 3 heterocycles. The number of aromatic nitrogens is 1.